The van der Waals surface area contributed by atoms with Crippen molar-refractivity contribution in [1.82, 2.24) is 4.98 Å². The molecule has 1 atom stereocenters. The van der Waals surface area contributed by atoms with Gasteiger partial charge in [0.05, 0.1) is 5.69 Å². The van der Waals surface area contributed by atoms with Gasteiger partial charge in [0.25, 0.3) is 0 Å². The van der Waals surface area contributed by atoms with Gasteiger partial charge >= 0.3 is 0 Å². The number of pyridine rings is 1. The fraction of sp³-hybridized carbons (Fsp3) is 0.361. The van der Waals surface area contributed by atoms with Crippen LogP contribution in [0.25, 0.3) is 11.1 Å². The lowest BCUT2D eigenvalue weighted by molar-refractivity contribution is 0.322. The minimum Gasteiger partial charge on any atom is -0.316 e. The first-order valence-corrected chi connectivity index (χ1v) is 14.9. The van der Waals surface area contributed by atoms with Crippen LogP contribution in [0, 0.1) is 13.8 Å². The van der Waals surface area contributed by atoms with E-state index in [0.717, 1.165) is 31.5 Å². The van der Waals surface area contributed by atoms with Crippen molar-refractivity contribution in [3.05, 3.63) is 101 Å². The number of aryl methyl sites for hydroxylation is 3. The van der Waals surface area contributed by atoms with Crippen LogP contribution in [0.15, 0.2) is 79.0 Å². The Bertz CT molecular complexity index is 1460. The number of nitrogens with zero attached hydrogens (tertiary/aromatic N) is 3. The number of anilines is 4. The summed E-state index contributed by atoms with van der Waals surface area (Å²) in [5, 5.41) is 0. The average molecular weight is 516 g/mol. The maximum atomic E-state index is 5.11. The molecule has 0 bridgehead atoms. The highest BCUT2D eigenvalue weighted by Gasteiger charge is 2.50. The summed E-state index contributed by atoms with van der Waals surface area (Å²) in [7, 11) is 0. The Balaban J connectivity index is 1.60. The number of hydrogen-bond donors (Lipinski definition) is 0. The van der Waals surface area contributed by atoms with Crippen molar-refractivity contribution < 1.29 is 0 Å². The fourth-order valence-corrected chi connectivity index (χ4v) is 7.33. The molecule has 0 radical (unpaired) electrons. The van der Waals surface area contributed by atoms with Gasteiger partial charge in [0, 0.05) is 28.6 Å². The van der Waals surface area contributed by atoms with Crippen molar-refractivity contribution in [3.8, 4) is 11.1 Å². The number of rotatable bonds is 7. The van der Waals surface area contributed by atoms with Crippen LogP contribution in [0.1, 0.15) is 75.1 Å². The quantitative estimate of drug-likeness (QED) is 0.244. The Hall–Kier alpha value is -3.59. The second kappa shape index (κ2) is 10.2. The normalized spacial score (nSPS) is 17.1. The second-order valence-electron chi connectivity index (χ2n) is 11.5. The van der Waals surface area contributed by atoms with Crippen LogP contribution in [0.3, 0.4) is 0 Å². The van der Waals surface area contributed by atoms with E-state index in [-0.39, 0.29) is 11.6 Å². The maximum Gasteiger partial charge on any atom is 0.159 e. The molecule has 2 aliphatic heterocycles. The van der Waals surface area contributed by atoms with Crippen molar-refractivity contribution in [1.29, 1.82) is 0 Å². The van der Waals surface area contributed by atoms with E-state index in [1.165, 1.54) is 63.3 Å². The Labute approximate surface area is 234 Å². The largest absolute Gasteiger partial charge is 0.316 e. The molecule has 0 aliphatic carbocycles. The van der Waals surface area contributed by atoms with Gasteiger partial charge in [-0.1, -0.05) is 75.7 Å². The molecule has 0 saturated heterocycles. The van der Waals surface area contributed by atoms with Gasteiger partial charge in [-0.3, -0.25) is 0 Å². The van der Waals surface area contributed by atoms with Crippen LogP contribution in [0.2, 0.25) is 0 Å². The molecular weight excluding hydrogens is 474 g/mol. The number of hydrogen-bond acceptors (Lipinski definition) is 3. The predicted octanol–water partition coefficient (Wildman–Crippen LogP) is 9.79. The molecule has 6 rings (SSSR count). The summed E-state index contributed by atoms with van der Waals surface area (Å²) in [5.74, 6) is 1.07. The molecule has 1 unspecified atom stereocenters. The molecule has 0 N–H and O–H groups in total. The maximum absolute atomic E-state index is 5.11. The van der Waals surface area contributed by atoms with E-state index in [4.69, 9.17) is 4.98 Å². The first-order chi connectivity index (χ1) is 19.0. The number of para-hydroxylation sites is 2. The molecule has 200 valence electrons. The van der Waals surface area contributed by atoms with E-state index in [2.05, 4.69) is 117 Å². The number of unbranched alkanes of at least 4 members (excludes halogenated alkanes) is 1. The summed E-state index contributed by atoms with van der Waals surface area (Å²) in [4.78, 5) is 10.2. The molecule has 3 nitrogen and oxygen atoms in total. The number of fused-ring (bicyclic) bond motifs is 5. The Morgan fingerprint density at radius 2 is 1.54 bits per heavy atom. The molecule has 0 saturated carbocycles. The van der Waals surface area contributed by atoms with Gasteiger partial charge in [-0.05, 0) is 98.0 Å². The molecule has 3 heterocycles. The Kier molecular flexibility index (Phi) is 6.71. The zero-order valence-electron chi connectivity index (χ0n) is 24.2. The van der Waals surface area contributed by atoms with Gasteiger partial charge in [-0.25, -0.2) is 4.98 Å². The molecule has 0 fully saturated rings. The van der Waals surface area contributed by atoms with Gasteiger partial charge < -0.3 is 9.80 Å². The van der Waals surface area contributed by atoms with E-state index < -0.39 is 0 Å². The summed E-state index contributed by atoms with van der Waals surface area (Å²) >= 11 is 0. The van der Waals surface area contributed by atoms with Gasteiger partial charge in [0.1, 0.15) is 6.17 Å². The minimum atomic E-state index is 0.139. The van der Waals surface area contributed by atoms with E-state index >= 15 is 0 Å². The van der Waals surface area contributed by atoms with Crippen LogP contribution >= 0.6 is 0 Å². The smallest absolute Gasteiger partial charge is 0.159 e. The van der Waals surface area contributed by atoms with E-state index in [1.54, 1.807) is 0 Å². The molecular formula is C36H41N3. The summed E-state index contributed by atoms with van der Waals surface area (Å²) in [6, 6.07) is 27.1. The van der Waals surface area contributed by atoms with Crippen molar-refractivity contribution >= 4 is 22.9 Å². The highest BCUT2D eigenvalue weighted by Crippen LogP contribution is 2.58. The summed E-state index contributed by atoms with van der Waals surface area (Å²) in [5.41, 5.74) is 12.2. The van der Waals surface area contributed by atoms with Crippen molar-refractivity contribution in [2.45, 2.75) is 84.7 Å². The van der Waals surface area contributed by atoms with E-state index in [1.807, 2.05) is 6.20 Å². The molecule has 4 aromatic rings. The van der Waals surface area contributed by atoms with Crippen molar-refractivity contribution in [2.75, 3.05) is 9.80 Å². The topological polar surface area (TPSA) is 19.4 Å². The standard InChI is InChI=1S/C36H41N3/c1-6-9-15-27-22-25(4)33(26(5)23-27)29-20-21-37-35-34(29)38(28-16-11-10-12-17-28)32-24-36(7-2,8-3)30-18-13-14-19-31(30)39(32)35/h10-14,16-23,32H,6-9,15,24H2,1-5H3. The van der Waals surface area contributed by atoms with Gasteiger partial charge in [-0.15, -0.1) is 0 Å². The zero-order chi connectivity index (χ0) is 27.1. The molecule has 3 heteroatoms. The summed E-state index contributed by atoms with van der Waals surface area (Å²) < 4.78 is 0. The van der Waals surface area contributed by atoms with Gasteiger partial charge in [0.2, 0.25) is 0 Å². The first kappa shape index (κ1) is 25.7. The highest BCUT2D eigenvalue weighted by atomic mass is 15.5. The third-order valence-electron chi connectivity index (χ3n) is 9.35. The fourth-order valence-electron chi connectivity index (χ4n) is 7.33. The third-order valence-corrected chi connectivity index (χ3v) is 9.35. The van der Waals surface area contributed by atoms with Gasteiger partial charge in [0.15, 0.2) is 5.82 Å². The van der Waals surface area contributed by atoms with Crippen LogP contribution in [0.4, 0.5) is 22.9 Å². The molecule has 2 aliphatic rings. The zero-order valence-corrected chi connectivity index (χ0v) is 24.2. The molecule has 0 amide bonds. The van der Waals surface area contributed by atoms with Crippen LogP contribution < -0.4 is 9.80 Å². The van der Waals surface area contributed by atoms with Crippen LogP contribution in [0.5, 0.6) is 0 Å². The first-order valence-electron chi connectivity index (χ1n) is 14.9. The van der Waals surface area contributed by atoms with E-state index in [9.17, 15) is 0 Å². The highest BCUT2D eigenvalue weighted by molar-refractivity contribution is 5.98. The van der Waals surface area contributed by atoms with Crippen LogP contribution in [-0.4, -0.2) is 11.1 Å². The lowest BCUT2D eigenvalue weighted by atomic mass is 9.69. The van der Waals surface area contributed by atoms with Crippen molar-refractivity contribution in [2.24, 2.45) is 0 Å². The average Bonchev–Trinajstić information content (AvgIpc) is 3.30. The minimum absolute atomic E-state index is 0.139. The monoisotopic (exact) mass is 515 g/mol. The lowest BCUT2D eigenvalue weighted by Crippen LogP contribution is -2.48. The van der Waals surface area contributed by atoms with Crippen LogP contribution in [-0.2, 0) is 11.8 Å². The molecule has 39 heavy (non-hydrogen) atoms. The number of benzene rings is 3. The molecule has 1 aromatic heterocycles. The van der Waals surface area contributed by atoms with Gasteiger partial charge in [-0.2, -0.15) is 0 Å². The summed E-state index contributed by atoms with van der Waals surface area (Å²) in [6.07, 6.45) is 9.12. The third kappa shape index (κ3) is 4.06. The Morgan fingerprint density at radius 1 is 0.846 bits per heavy atom. The Morgan fingerprint density at radius 3 is 2.23 bits per heavy atom. The predicted molar refractivity (Wildman–Crippen MR) is 166 cm³/mol. The summed E-state index contributed by atoms with van der Waals surface area (Å²) in [6.45, 7) is 11.6. The lowest BCUT2D eigenvalue weighted by Gasteiger charge is -2.47. The molecule has 0 spiro atoms. The van der Waals surface area contributed by atoms with Crippen molar-refractivity contribution in [3.63, 3.8) is 0 Å². The van der Waals surface area contributed by atoms with E-state index in [0.29, 0.717) is 0 Å². The SMILES string of the molecule is CCCCc1cc(C)c(-c2ccnc3c2N(c2ccccc2)C2CC(CC)(CC)c4ccccc4N32)c(C)c1. The molecule has 3 aromatic carbocycles. The number of aromatic nitrogens is 1. The second-order valence-corrected chi connectivity index (χ2v) is 11.5.